The number of benzene rings is 1. The maximum atomic E-state index is 12.5. The summed E-state index contributed by atoms with van der Waals surface area (Å²) in [5.41, 5.74) is 3.21. The quantitative estimate of drug-likeness (QED) is 0.780. The molecule has 0 saturated heterocycles. The predicted molar refractivity (Wildman–Crippen MR) is 95.2 cm³/mol. The van der Waals surface area contributed by atoms with E-state index in [1.54, 1.807) is 12.4 Å². The maximum Gasteiger partial charge on any atom is 0.224 e. The second-order valence-electron chi connectivity index (χ2n) is 6.51. The Hall–Kier alpha value is -2.95. The Morgan fingerprint density at radius 3 is 2.92 bits per heavy atom. The van der Waals surface area contributed by atoms with Gasteiger partial charge >= 0.3 is 0 Å². The minimum atomic E-state index is -0.0434. The molecule has 1 aromatic carbocycles. The molecule has 2 aromatic heterocycles. The molecule has 1 N–H and O–H groups in total. The SMILES string of the molecule is C[C@H](NC(=O)[C@H]1C[C@H]1c1cccnc1)c1cccc(-n2cccn2)c1. The summed E-state index contributed by atoms with van der Waals surface area (Å²) in [6, 6.07) is 13.9. The minimum Gasteiger partial charge on any atom is -0.349 e. The normalized spacial score (nSPS) is 20.0. The van der Waals surface area contributed by atoms with Crippen molar-refractivity contribution in [3.63, 3.8) is 0 Å². The molecule has 0 aliphatic heterocycles. The molecular weight excluding hydrogens is 312 g/mol. The van der Waals surface area contributed by atoms with E-state index in [0.29, 0.717) is 5.92 Å². The van der Waals surface area contributed by atoms with Crippen LogP contribution in [0, 0.1) is 5.92 Å². The minimum absolute atomic E-state index is 0.0434. The highest BCUT2D eigenvalue weighted by Gasteiger charge is 2.44. The highest BCUT2D eigenvalue weighted by molar-refractivity contribution is 5.83. The number of aromatic nitrogens is 3. The first-order valence-corrected chi connectivity index (χ1v) is 8.52. The van der Waals surface area contributed by atoms with Crippen LogP contribution in [-0.4, -0.2) is 20.7 Å². The van der Waals surface area contributed by atoms with Gasteiger partial charge in [-0.05, 0) is 54.7 Å². The third kappa shape index (κ3) is 3.31. The zero-order valence-electron chi connectivity index (χ0n) is 14.0. The molecule has 0 bridgehead atoms. The largest absolute Gasteiger partial charge is 0.349 e. The van der Waals surface area contributed by atoms with E-state index < -0.39 is 0 Å². The molecule has 1 aliphatic rings. The molecule has 1 aliphatic carbocycles. The second-order valence-corrected chi connectivity index (χ2v) is 6.51. The molecule has 4 rings (SSSR count). The van der Waals surface area contributed by atoms with Crippen LogP contribution >= 0.6 is 0 Å². The summed E-state index contributed by atoms with van der Waals surface area (Å²) in [4.78, 5) is 16.7. The smallest absolute Gasteiger partial charge is 0.224 e. The lowest BCUT2D eigenvalue weighted by Crippen LogP contribution is -2.28. The van der Waals surface area contributed by atoms with Crippen molar-refractivity contribution in [2.75, 3.05) is 0 Å². The van der Waals surface area contributed by atoms with Crippen LogP contribution in [0.25, 0.3) is 5.69 Å². The molecule has 1 saturated carbocycles. The molecule has 0 unspecified atom stereocenters. The number of nitrogens with zero attached hydrogens (tertiary/aromatic N) is 3. The molecule has 5 nitrogen and oxygen atoms in total. The van der Waals surface area contributed by atoms with E-state index in [2.05, 4.69) is 21.5 Å². The Bertz CT molecular complexity index is 860. The van der Waals surface area contributed by atoms with E-state index in [-0.39, 0.29) is 17.9 Å². The topological polar surface area (TPSA) is 59.8 Å². The predicted octanol–water partition coefficient (Wildman–Crippen LogP) is 3.25. The van der Waals surface area contributed by atoms with Crippen molar-refractivity contribution in [1.29, 1.82) is 0 Å². The van der Waals surface area contributed by atoms with Gasteiger partial charge in [0.2, 0.25) is 5.91 Å². The van der Waals surface area contributed by atoms with Gasteiger partial charge in [-0.2, -0.15) is 5.10 Å². The van der Waals surface area contributed by atoms with Crippen molar-refractivity contribution >= 4 is 5.91 Å². The van der Waals surface area contributed by atoms with Gasteiger partial charge in [0.15, 0.2) is 0 Å². The summed E-state index contributed by atoms with van der Waals surface area (Å²) in [6.45, 7) is 2.02. The first-order valence-electron chi connectivity index (χ1n) is 8.52. The number of carbonyl (C=O) groups excluding carboxylic acids is 1. The molecule has 0 radical (unpaired) electrons. The summed E-state index contributed by atoms with van der Waals surface area (Å²) in [5.74, 6) is 0.475. The summed E-state index contributed by atoms with van der Waals surface area (Å²) in [7, 11) is 0. The number of pyridine rings is 1. The zero-order valence-corrected chi connectivity index (χ0v) is 14.0. The van der Waals surface area contributed by atoms with Gasteiger partial charge in [0.25, 0.3) is 0 Å². The lowest BCUT2D eigenvalue weighted by molar-refractivity contribution is -0.123. The van der Waals surface area contributed by atoms with Gasteiger partial charge in [0.05, 0.1) is 11.7 Å². The molecule has 3 aromatic rings. The van der Waals surface area contributed by atoms with Crippen LogP contribution in [0.4, 0.5) is 0 Å². The maximum absolute atomic E-state index is 12.5. The lowest BCUT2D eigenvalue weighted by Gasteiger charge is -2.15. The van der Waals surface area contributed by atoms with E-state index in [1.165, 1.54) is 0 Å². The average molecular weight is 332 g/mol. The number of carbonyl (C=O) groups is 1. The van der Waals surface area contributed by atoms with Crippen molar-refractivity contribution < 1.29 is 4.79 Å². The van der Waals surface area contributed by atoms with Crippen molar-refractivity contribution in [1.82, 2.24) is 20.1 Å². The van der Waals surface area contributed by atoms with E-state index >= 15 is 0 Å². The summed E-state index contributed by atoms with van der Waals surface area (Å²) < 4.78 is 1.82. The van der Waals surface area contributed by atoms with Gasteiger partial charge < -0.3 is 5.32 Å². The van der Waals surface area contributed by atoms with Gasteiger partial charge in [0, 0.05) is 30.7 Å². The second kappa shape index (κ2) is 6.51. The Morgan fingerprint density at radius 2 is 2.16 bits per heavy atom. The monoisotopic (exact) mass is 332 g/mol. The zero-order chi connectivity index (χ0) is 17.2. The highest BCUT2D eigenvalue weighted by atomic mass is 16.2. The summed E-state index contributed by atoms with van der Waals surface area (Å²) >= 11 is 0. The summed E-state index contributed by atoms with van der Waals surface area (Å²) in [6.07, 6.45) is 8.18. The lowest BCUT2D eigenvalue weighted by atomic mass is 10.1. The van der Waals surface area contributed by atoms with Crippen molar-refractivity contribution in [2.24, 2.45) is 5.92 Å². The van der Waals surface area contributed by atoms with Gasteiger partial charge in [-0.1, -0.05) is 18.2 Å². The number of rotatable bonds is 5. The first kappa shape index (κ1) is 15.6. The third-order valence-corrected chi connectivity index (χ3v) is 4.74. The summed E-state index contributed by atoms with van der Waals surface area (Å²) in [5, 5.41) is 7.39. The van der Waals surface area contributed by atoms with Crippen LogP contribution in [0.15, 0.2) is 67.3 Å². The van der Waals surface area contributed by atoms with Gasteiger partial charge in [-0.3, -0.25) is 9.78 Å². The van der Waals surface area contributed by atoms with E-state index in [0.717, 1.165) is 23.2 Å². The van der Waals surface area contributed by atoms with E-state index in [9.17, 15) is 4.79 Å². The fraction of sp³-hybridized carbons (Fsp3) is 0.250. The number of amides is 1. The third-order valence-electron chi connectivity index (χ3n) is 4.74. The fourth-order valence-corrected chi connectivity index (χ4v) is 3.21. The number of hydrogen-bond donors (Lipinski definition) is 1. The molecule has 3 atom stereocenters. The van der Waals surface area contributed by atoms with Crippen LogP contribution in [0.1, 0.15) is 36.4 Å². The fourth-order valence-electron chi connectivity index (χ4n) is 3.21. The Labute approximate surface area is 146 Å². The van der Waals surface area contributed by atoms with E-state index in [4.69, 9.17) is 0 Å². The molecular formula is C20H20N4O. The number of nitrogens with one attached hydrogen (secondary N) is 1. The highest BCUT2D eigenvalue weighted by Crippen LogP contribution is 2.47. The van der Waals surface area contributed by atoms with Crippen molar-refractivity contribution in [3.05, 3.63) is 78.4 Å². The standard InChI is InChI=1S/C20H20N4O/c1-14(15-5-2-7-17(11-15)24-10-4-9-22-24)23-20(25)19-12-18(19)16-6-3-8-21-13-16/h2-11,13-14,18-19H,12H2,1H3,(H,23,25)/t14-,18-,19-/m0/s1. The van der Waals surface area contributed by atoms with Crippen molar-refractivity contribution in [3.8, 4) is 5.69 Å². The molecule has 126 valence electrons. The van der Waals surface area contributed by atoms with Crippen molar-refractivity contribution in [2.45, 2.75) is 25.3 Å². The first-order chi connectivity index (χ1) is 12.2. The molecule has 1 fully saturated rings. The molecule has 25 heavy (non-hydrogen) atoms. The van der Waals surface area contributed by atoms with Gasteiger partial charge in [0.1, 0.15) is 0 Å². The van der Waals surface area contributed by atoms with E-state index in [1.807, 2.05) is 60.4 Å². The van der Waals surface area contributed by atoms with Crippen LogP contribution in [-0.2, 0) is 4.79 Å². The van der Waals surface area contributed by atoms with Gasteiger partial charge in [-0.25, -0.2) is 4.68 Å². The van der Waals surface area contributed by atoms with Crippen LogP contribution in [0.3, 0.4) is 0 Å². The molecule has 1 amide bonds. The average Bonchev–Trinajstić information content (AvgIpc) is 3.27. The molecule has 0 spiro atoms. The Morgan fingerprint density at radius 1 is 1.24 bits per heavy atom. The van der Waals surface area contributed by atoms with Crippen LogP contribution in [0.2, 0.25) is 0 Å². The van der Waals surface area contributed by atoms with Gasteiger partial charge in [-0.15, -0.1) is 0 Å². The van der Waals surface area contributed by atoms with Crippen LogP contribution < -0.4 is 5.32 Å². The molecule has 2 heterocycles. The number of hydrogen-bond acceptors (Lipinski definition) is 3. The molecule has 5 heteroatoms. The Kier molecular flexibility index (Phi) is 4.06. The van der Waals surface area contributed by atoms with Crippen LogP contribution in [0.5, 0.6) is 0 Å². The Balaban J connectivity index is 1.42.